The molecule has 0 bridgehead atoms. The van der Waals surface area contributed by atoms with E-state index in [2.05, 4.69) is 36.8 Å². The zero-order valence-corrected chi connectivity index (χ0v) is 17.2. The highest BCUT2D eigenvalue weighted by molar-refractivity contribution is 5.78. The number of aliphatic imine (C=N–C) groups is 1. The van der Waals surface area contributed by atoms with Crippen LogP contribution in [0.2, 0.25) is 0 Å². The molecule has 6 heteroatoms. The third-order valence-corrected chi connectivity index (χ3v) is 2.93. The molecule has 1 aliphatic rings. The van der Waals surface area contributed by atoms with Crippen molar-refractivity contribution in [2.75, 3.05) is 0 Å². The lowest BCUT2D eigenvalue weighted by Gasteiger charge is -1.98. The quantitative estimate of drug-likeness (QED) is 0.443. The number of nitrogens with zero attached hydrogens (tertiary/aromatic N) is 5. The van der Waals surface area contributed by atoms with Crippen LogP contribution in [0, 0.1) is 0 Å². The third kappa shape index (κ3) is 18.7. The highest BCUT2D eigenvalue weighted by Crippen LogP contribution is 1.85. The first-order valence-electron chi connectivity index (χ1n) is 9.43. The Balaban J connectivity index is 0.000000194. The van der Waals surface area contributed by atoms with E-state index in [1.54, 1.807) is 68.2 Å². The van der Waals surface area contributed by atoms with E-state index in [1.165, 1.54) is 0 Å². The van der Waals surface area contributed by atoms with Gasteiger partial charge in [-0.05, 0) is 48.5 Å². The van der Waals surface area contributed by atoms with E-state index in [1.807, 2.05) is 72.8 Å². The molecule has 6 nitrogen and oxygen atoms in total. The molecule has 4 aromatic rings. The highest BCUT2D eigenvalue weighted by atomic mass is 14.9. The van der Waals surface area contributed by atoms with Gasteiger partial charge in [-0.25, -0.2) is 0 Å². The topological polar surface area (TPSA) is 76.0 Å². The summed E-state index contributed by atoms with van der Waals surface area (Å²) in [5.74, 6) is 0. The van der Waals surface area contributed by atoms with E-state index in [9.17, 15) is 0 Å². The summed E-state index contributed by atoms with van der Waals surface area (Å²) in [6.45, 7) is 3.60. The van der Waals surface area contributed by atoms with Crippen molar-refractivity contribution in [2.24, 2.45) is 4.99 Å². The Morgan fingerprint density at radius 1 is 0.484 bits per heavy atom. The van der Waals surface area contributed by atoms with Gasteiger partial charge in [-0.3, -0.25) is 24.9 Å². The van der Waals surface area contributed by atoms with E-state index < -0.39 is 0 Å². The lowest BCUT2D eigenvalue weighted by atomic mass is 10.5. The van der Waals surface area contributed by atoms with Crippen molar-refractivity contribution >= 4 is 6.21 Å². The van der Waals surface area contributed by atoms with Gasteiger partial charge in [0.15, 0.2) is 0 Å². The van der Waals surface area contributed by atoms with Crippen LogP contribution in [0.5, 0.6) is 0 Å². The van der Waals surface area contributed by atoms with Gasteiger partial charge in [0.25, 0.3) is 0 Å². The van der Waals surface area contributed by atoms with Crippen LogP contribution in [-0.2, 0) is 0 Å². The average molecular weight is 411 g/mol. The van der Waals surface area contributed by atoms with Crippen molar-refractivity contribution in [2.45, 2.75) is 0 Å². The van der Waals surface area contributed by atoms with Crippen molar-refractivity contribution in [3.63, 3.8) is 0 Å². The number of allylic oxidation sites excluding steroid dienone is 1. The standard InChI is InChI=1S/C5H6N2.4C5H5N/c1-5-4-6-2-3-7-5;4*1-2-4-6-5-3-1/h2-4,7H,1H2;4*1-5H. The first-order chi connectivity index (χ1) is 15.4. The largest absolute Gasteiger partial charge is 0.359 e. The smallest absolute Gasteiger partial charge is 0.0497 e. The molecule has 31 heavy (non-hydrogen) atoms. The normalized spacial score (nSPS) is 10.0. The predicted octanol–water partition coefficient (Wildman–Crippen LogP) is 4.97. The Morgan fingerprint density at radius 3 is 0.903 bits per heavy atom. The minimum atomic E-state index is 0.836. The van der Waals surface area contributed by atoms with Crippen LogP contribution in [0.15, 0.2) is 152 Å². The highest BCUT2D eigenvalue weighted by Gasteiger charge is 1.83. The van der Waals surface area contributed by atoms with Crippen molar-refractivity contribution in [3.05, 3.63) is 147 Å². The Morgan fingerprint density at radius 2 is 0.806 bits per heavy atom. The molecular weight excluding hydrogens is 384 g/mol. The Kier molecular flexibility index (Phi) is 16.1. The fourth-order valence-electron chi connectivity index (χ4n) is 1.61. The minimum absolute atomic E-state index is 0.836. The van der Waals surface area contributed by atoms with Crippen LogP contribution < -0.4 is 5.32 Å². The summed E-state index contributed by atoms with van der Waals surface area (Å²) in [6.07, 6.45) is 19.1. The van der Waals surface area contributed by atoms with Gasteiger partial charge in [-0.15, -0.1) is 0 Å². The lowest BCUT2D eigenvalue weighted by molar-refractivity contribution is 1.12. The number of pyridine rings is 4. The fraction of sp³-hybridized carbons (Fsp3) is 0. The molecule has 1 N–H and O–H groups in total. The maximum absolute atomic E-state index is 3.79. The molecule has 4 aromatic heterocycles. The molecule has 0 unspecified atom stereocenters. The molecule has 0 amide bonds. The van der Waals surface area contributed by atoms with E-state index in [0.717, 1.165) is 5.70 Å². The maximum atomic E-state index is 3.79. The first kappa shape index (κ1) is 24.6. The summed E-state index contributed by atoms with van der Waals surface area (Å²) in [7, 11) is 0. The number of hydrogen-bond acceptors (Lipinski definition) is 6. The van der Waals surface area contributed by atoms with Crippen LogP contribution >= 0.6 is 0 Å². The molecule has 5 heterocycles. The van der Waals surface area contributed by atoms with Crippen LogP contribution in [-0.4, -0.2) is 26.2 Å². The van der Waals surface area contributed by atoms with Gasteiger partial charge >= 0.3 is 0 Å². The van der Waals surface area contributed by atoms with Crippen LogP contribution in [0.25, 0.3) is 0 Å². The van der Waals surface area contributed by atoms with Gasteiger partial charge in [0.1, 0.15) is 0 Å². The molecular formula is C25H26N6. The average Bonchev–Trinajstić information content (AvgIpc) is 2.90. The van der Waals surface area contributed by atoms with Gasteiger partial charge in [0.2, 0.25) is 0 Å². The van der Waals surface area contributed by atoms with Crippen LogP contribution in [0.4, 0.5) is 0 Å². The molecule has 0 saturated carbocycles. The van der Waals surface area contributed by atoms with Crippen molar-refractivity contribution < 1.29 is 0 Å². The zero-order valence-electron chi connectivity index (χ0n) is 17.2. The second kappa shape index (κ2) is 20.3. The Hall–Kier alpha value is -4.45. The molecule has 156 valence electrons. The molecule has 0 atom stereocenters. The summed E-state index contributed by atoms with van der Waals surface area (Å²) in [6, 6.07) is 22.9. The molecule has 0 saturated heterocycles. The van der Waals surface area contributed by atoms with Crippen LogP contribution in [0.3, 0.4) is 0 Å². The summed E-state index contributed by atoms with van der Waals surface area (Å²) in [5.41, 5.74) is 0.836. The van der Waals surface area contributed by atoms with Gasteiger partial charge in [-0.1, -0.05) is 30.8 Å². The number of rotatable bonds is 0. The second-order valence-electron chi connectivity index (χ2n) is 5.36. The number of aromatic nitrogens is 4. The summed E-state index contributed by atoms with van der Waals surface area (Å²) < 4.78 is 0. The number of hydrogen-bond donors (Lipinski definition) is 1. The maximum Gasteiger partial charge on any atom is 0.0497 e. The SMILES string of the molecule is C=C1C=NC=CN1.c1ccncc1.c1ccncc1.c1ccncc1.c1ccncc1. The van der Waals surface area contributed by atoms with E-state index >= 15 is 0 Å². The summed E-state index contributed by atoms with van der Waals surface area (Å²) in [5, 5.41) is 2.86. The van der Waals surface area contributed by atoms with Crippen molar-refractivity contribution in [1.82, 2.24) is 25.3 Å². The Labute approximate surface area is 183 Å². The molecule has 0 aromatic carbocycles. The lowest BCUT2D eigenvalue weighted by Crippen LogP contribution is -2.06. The van der Waals surface area contributed by atoms with Crippen molar-refractivity contribution in [3.8, 4) is 0 Å². The Bertz CT molecular complexity index is 682. The van der Waals surface area contributed by atoms with Crippen LogP contribution in [0.1, 0.15) is 0 Å². The first-order valence-corrected chi connectivity index (χ1v) is 9.43. The molecule has 1 aliphatic heterocycles. The second-order valence-corrected chi connectivity index (χ2v) is 5.36. The van der Waals surface area contributed by atoms with Gasteiger partial charge in [0.05, 0.1) is 0 Å². The van der Waals surface area contributed by atoms with Gasteiger partial charge in [-0.2, -0.15) is 0 Å². The molecule has 5 rings (SSSR count). The van der Waals surface area contributed by atoms with Gasteiger partial charge in [0, 0.05) is 73.9 Å². The zero-order chi connectivity index (χ0) is 22.1. The number of nitrogens with one attached hydrogen (secondary N) is 1. The van der Waals surface area contributed by atoms with Gasteiger partial charge < -0.3 is 5.32 Å². The van der Waals surface area contributed by atoms with Crippen molar-refractivity contribution in [1.29, 1.82) is 0 Å². The predicted molar refractivity (Wildman–Crippen MR) is 127 cm³/mol. The van der Waals surface area contributed by atoms with E-state index in [-0.39, 0.29) is 0 Å². The summed E-state index contributed by atoms with van der Waals surface area (Å²) in [4.78, 5) is 18.9. The molecule has 0 spiro atoms. The van der Waals surface area contributed by atoms with E-state index in [0.29, 0.717) is 0 Å². The molecule has 0 radical (unpaired) electrons. The molecule has 0 aliphatic carbocycles. The minimum Gasteiger partial charge on any atom is -0.359 e. The monoisotopic (exact) mass is 410 g/mol. The summed E-state index contributed by atoms with van der Waals surface area (Å²) >= 11 is 0. The third-order valence-electron chi connectivity index (χ3n) is 2.93. The van der Waals surface area contributed by atoms with E-state index in [4.69, 9.17) is 0 Å². The molecule has 0 fully saturated rings. The fourth-order valence-corrected chi connectivity index (χ4v) is 1.61.